The van der Waals surface area contributed by atoms with Crippen molar-refractivity contribution < 1.29 is 4.79 Å². The number of carbonyl (C=O) groups excluding carboxylic acids is 1. The van der Waals surface area contributed by atoms with E-state index < -0.39 is 0 Å². The Bertz CT molecular complexity index is 1160. The molecule has 30 heavy (non-hydrogen) atoms. The second-order valence-corrected chi connectivity index (χ2v) is 9.13. The van der Waals surface area contributed by atoms with Crippen LogP contribution in [0.15, 0.2) is 71.8 Å². The van der Waals surface area contributed by atoms with Gasteiger partial charge in [-0.15, -0.1) is 11.8 Å². The first-order valence-electron chi connectivity index (χ1n) is 10.0. The first kappa shape index (κ1) is 20.6. The summed E-state index contributed by atoms with van der Waals surface area (Å²) in [5, 5.41) is 0.704. The summed E-state index contributed by atoms with van der Waals surface area (Å²) in [6, 6.07) is 19.8. The summed E-state index contributed by atoms with van der Waals surface area (Å²) in [7, 11) is 0. The number of thioether (sulfide) groups is 1. The fourth-order valence-corrected chi connectivity index (χ4v) is 5.05. The molecule has 0 atom stereocenters. The number of pyridine rings is 1. The zero-order valence-electron chi connectivity index (χ0n) is 17.0. The van der Waals surface area contributed by atoms with Crippen molar-refractivity contribution in [3.05, 3.63) is 83.7 Å². The summed E-state index contributed by atoms with van der Waals surface area (Å²) in [5.74, 6) is 0.906. The highest BCUT2D eigenvalue weighted by Crippen LogP contribution is 2.33. The summed E-state index contributed by atoms with van der Waals surface area (Å²) >= 11 is 3.28. The third kappa shape index (κ3) is 4.40. The van der Waals surface area contributed by atoms with Crippen molar-refractivity contribution in [2.45, 2.75) is 31.7 Å². The number of thiazole rings is 1. The van der Waals surface area contributed by atoms with Crippen LogP contribution in [0.5, 0.6) is 0 Å². The Labute approximate surface area is 185 Å². The number of amides is 1. The van der Waals surface area contributed by atoms with E-state index in [9.17, 15) is 4.79 Å². The molecule has 4 rings (SSSR count). The molecule has 0 spiro atoms. The Balaban J connectivity index is 1.76. The molecule has 0 bridgehead atoms. The van der Waals surface area contributed by atoms with E-state index in [-0.39, 0.29) is 5.91 Å². The van der Waals surface area contributed by atoms with Crippen LogP contribution < -0.4 is 4.90 Å². The monoisotopic (exact) mass is 433 g/mol. The van der Waals surface area contributed by atoms with E-state index in [0.29, 0.717) is 17.2 Å². The van der Waals surface area contributed by atoms with E-state index in [1.165, 1.54) is 5.56 Å². The standard InChI is InChI=1S/C24H23N3OS2/c1-3-17-9-8-13-21-22(17)26-24(30-21)27(16-19-11-5-6-14-25-19)23(28)18-10-7-12-20(15-18)29-4-2/h5-15H,3-4,16H2,1-2H3. The number of hydrogen-bond donors (Lipinski definition) is 0. The lowest BCUT2D eigenvalue weighted by Crippen LogP contribution is -2.30. The van der Waals surface area contributed by atoms with Crippen LogP contribution in [0, 0.1) is 0 Å². The summed E-state index contributed by atoms with van der Waals surface area (Å²) in [5.41, 5.74) is 3.68. The molecule has 1 amide bonds. The van der Waals surface area contributed by atoms with Crippen LogP contribution in [0.4, 0.5) is 5.13 Å². The van der Waals surface area contributed by atoms with Crippen LogP contribution in [0.1, 0.15) is 35.5 Å². The Hall–Kier alpha value is -2.70. The minimum Gasteiger partial charge on any atom is -0.278 e. The lowest BCUT2D eigenvalue weighted by molar-refractivity contribution is 0.0984. The van der Waals surface area contributed by atoms with Gasteiger partial charge in [0.25, 0.3) is 5.91 Å². The Kier molecular flexibility index (Phi) is 6.45. The average Bonchev–Trinajstić information content (AvgIpc) is 3.22. The molecular formula is C24H23N3OS2. The Morgan fingerprint density at radius 2 is 1.93 bits per heavy atom. The second kappa shape index (κ2) is 9.41. The maximum atomic E-state index is 13.6. The van der Waals surface area contributed by atoms with Crippen molar-refractivity contribution in [2.75, 3.05) is 10.7 Å². The third-order valence-corrected chi connectivity index (χ3v) is 6.71. The number of carbonyl (C=O) groups is 1. The van der Waals surface area contributed by atoms with Crippen molar-refractivity contribution in [1.82, 2.24) is 9.97 Å². The molecule has 0 N–H and O–H groups in total. The average molecular weight is 434 g/mol. The molecule has 0 saturated heterocycles. The van der Waals surface area contributed by atoms with Crippen LogP contribution in [0.3, 0.4) is 0 Å². The zero-order valence-corrected chi connectivity index (χ0v) is 18.7. The Morgan fingerprint density at radius 3 is 2.70 bits per heavy atom. The molecule has 0 radical (unpaired) electrons. The van der Waals surface area contributed by atoms with Gasteiger partial charge in [-0.3, -0.25) is 14.7 Å². The summed E-state index contributed by atoms with van der Waals surface area (Å²) < 4.78 is 1.10. The molecule has 6 heteroatoms. The van der Waals surface area contributed by atoms with Crippen molar-refractivity contribution in [3.63, 3.8) is 0 Å². The van der Waals surface area contributed by atoms with Gasteiger partial charge in [0.15, 0.2) is 5.13 Å². The fourth-order valence-electron chi connectivity index (χ4n) is 3.32. The molecule has 0 aliphatic heterocycles. The van der Waals surface area contributed by atoms with Crippen LogP contribution in [0.25, 0.3) is 10.2 Å². The van der Waals surface area contributed by atoms with E-state index >= 15 is 0 Å². The molecule has 0 aliphatic rings. The number of anilines is 1. The van der Waals surface area contributed by atoms with Gasteiger partial charge < -0.3 is 0 Å². The topological polar surface area (TPSA) is 46.1 Å². The lowest BCUT2D eigenvalue weighted by Gasteiger charge is -2.20. The van der Waals surface area contributed by atoms with Gasteiger partial charge in [-0.25, -0.2) is 4.98 Å². The fraction of sp³-hybridized carbons (Fsp3) is 0.208. The van der Waals surface area contributed by atoms with Crippen molar-refractivity contribution >= 4 is 44.4 Å². The predicted molar refractivity (Wildman–Crippen MR) is 127 cm³/mol. The highest BCUT2D eigenvalue weighted by molar-refractivity contribution is 7.99. The summed E-state index contributed by atoms with van der Waals surface area (Å²) in [6.07, 6.45) is 2.66. The van der Waals surface area contributed by atoms with E-state index in [4.69, 9.17) is 4.98 Å². The largest absolute Gasteiger partial charge is 0.278 e. The molecule has 0 aliphatic carbocycles. The quantitative estimate of drug-likeness (QED) is 0.325. The Morgan fingerprint density at radius 1 is 1.07 bits per heavy atom. The van der Waals surface area contributed by atoms with Gasteiger partial charge in [0.2, 0.25) is 0 Å². The van der Waals surface area contributed by atoms with Gasteiger partial charge in [-0.05, 0) is 54.1 Å². The highest BCUT2D eigenvalue weighted by Gasteiger charge is 2.23. The molecule has 0 unspecified atom stereocenters. The molecule has 0 saturated carbocycles. The van der Waals surface area contributed by atoms with Gasteiger partial charge in [-0.2, -0.15) is 0 Å². The van der Waals surface area contributed by atoms with Crippen LogP contribution in [-0.2, 0) is 13.0 Å². The number of nitrogens with zero attached hydrogens (tertiary/aromatic N) is 3. The first-order chi connectivity index (χ1) is 14.7. The number of benzene rings is 2. The van der Waals surface area contributed by atoms with E-state index in [0.717, 1.165) is 33.0 Å². The number of para-hydroxylation sites is 1. The van der Waals surface area contributed by atoms with Crippen molar-refractivity contribution in [2.24, 2.45) is 0 Å². The van der Waals surface area contributed by atoms with Crippen LogP contribution in [-0.4, -0.2) is 21.6 Å². The highest BCUT2D eigenvalue weighted by atomic mass is 32.2. The molecule has 0 fully saturated rings. The van der Waals surface area contributed by atoms with Crippen LogP contribution >= 0.6 is 23.1 Å². The number of rotatable bonds is 7. The van der Waals surface area contributed by atoms with Gasteiger partial charge in [0.05, 0.1) is 22.5 Å². The van der Waals surface area contributed by atoms with Gasteiger partial charge in [-0.1, -0.05) is 49.4 Å². The molecular weight excluding hydrogens is 410 g/mol. The molecule has 4 nitrogen and oxygen atoms in total. The lowest BCUT2D eigenvalue weighted by atomic mass is 10.1. The van der Waals surface area contributed by atoms with Crippen molar-refractivity contribution in [3.8, 4) is 0 Å². The summed E-state index contributed by atoms with van der Waals surface area (Å²) in [6.45, 7) is 4.62. The van der Waals surface area contributed by atoms with Gasteiger partial charge >= 0.3 is 0 Å². The summed E-state index contributed by atoms with van der Waals surface area (Å²) in [4.78, 5) is 25.8. The van der Waals surface area contributed by atoms with Crippen molar-refractivity contribution in [1.29, 1.82) is 0 Å². The molecule has 2 heterocycles. The number of hydrogen-bond acceptors (Lipinski definition) is 5. The predicted octanol–water partition coefficient (Wildman–Crippen LogP) is 6.21. The van der Waals surface area contributed by atoms with E-state index in [1.54, 1.807) is 34.2 Å². The third-order valence-electron chi connectivity index (χ3n) is 4.79. The normalized spacial score (nSPS) is 11.0. The second-order valence-electron chi connectivity index (χ2n) is 6.79. The van der Waals surface area contributed by atoms with Gasteiger partial charge in [0.1, 0.15) is 0 Å². The smallest absolute Gasteiger partial charge is 0.260 e. The maximum absolute atomic E-state index is 13.6. The molecule has 2 aromatic carbocycles. The number of fused-ring (bicyclic) bond motifs is 1. The molecule has 2 aromatic heterocycles. The number of aryl methyl sites for hydroxylation is 1. The first-order valence-corrected chi connectivity index (χ1v) is 11.8. The van der Waals surface area contributed by atoms with E-state index in [2.05, 4.69) is 37.0 Å². The SMILES string of the molecule is CCSc1cccc(C(=O)N(Cc2ccccn2)c2nc3c(CC)cccc3s2)c1. The maximum Gasteiger partial charge on any atom is 0.260 e. The molecule has 4 aromatic rings. The number of aromatic nitrogens is 2. The van der Waals surface area contributed by atoms with Crippen LogP contribution in [0.2, 0.25) is 0 Å². The minimum absolute atomic E-state index is 0.0590. The molecule has 152 valence electrons. The minimum atomic E-state index is -0.0590. The zero-order chi connectivity index (χ0) is 20.9. The van der Waals surface area contributed by atoms with Gasteiger partial charge in [0, 0.05) is 16.7 Å². The van der Waals surface area contributed by atoms with E-state index in [1.807, 2.05) is 42.5 Å².